The largest absolute Gasteiger partial charge is 0.494 e. The number of azide groups is 1. The minimum atomic E-state index is 0.256. The first-order chi connectivity index (χ1) is 6.77. The van der Waals surface area contributed by atoms with Gasteiger partial charge < -0.3 is 4.74 Å². The third-order valence-corrected chi connectivity index (χ3v) is 1.86. The zero-order valence-electron chi connectivity index (χ0n) is 7.77. The summed E-state index contributed by atoms with van der Waals surface area (Å²) in [5.74, 6) is 0.712. The van der Waals surface area contributed by atoms with Crippen LogP contribution in [0.5, 0.6) is 5.75 Å². The summed E-state index contributed by atoms with van der Waals surface area (Å²) in [6, 6.07) is 5.25. The van der Waals surface area contributed by atoms with Crippen LogP contribution in [0.4, 0.5) is 0 Å². The van der Waals surface area contributed by atoms with Crippen molar-refractivity contribution in [2.24, 2.45) is 5.11 Å². The smallest absolute Gasteiger partial charge is 0.122 e. The van der Waals surface area contributed by atoms with Gasteiger partial charge in [-0.1, -0.05) is 16.7 Å². The highest BCUT2D eigenvalue weighted by molar-refractivity contribution is 6.30. The summed E-state index contributed by atoms with van der Waals surface area (Å²) in [5.41, 5.74) is 9.01. The van der Waals surface area contributed by atoms with Gasteiger partial charge in [-0.05, 0) is 30.7 Å². The van der Waals surface area contributed by atoms with Crippen molar-refractivity contribution < 1.29 is 4.74 Å². The highest BCUT2D eigenvalue weighted by atomic mass is 35.5. The molecule has 0 saturated carbocycles. The van der Waals surface area contributed by atoms with Crippen molar-refractivity contribution in [2.45, 2.75) is 13.5 Å². The maximum Gasteiger partial charge on any atom is 0.122 e. The van der Waals surface area contributed by atoms with Crippen LogP contribution in [0.1, 0.15) is 12.5 Å². The van der Waals surface area contributed by atoms with Crippen LogP contribution in [0.25, 0.3) is 10.4 Å². The molecule has 0 aromatic heterocycles. The molecule has 0 aliphatic rings. The summed E-state index contributed by atoms with van der Waals surface area (Å²) < 4.78 is 5.35. The van der Waals surface area contributed by atoms with Gasteiger partial charge in [0.15, 0.2) is 0 Å². The second-order valence-electron chi connectivity index (χ2n) is 2.57. The Balaban J connectivity index is 2.95. The molecule has 0 saturated heterocycles. The molecule has 1 aromatic rings. The predicted molar refractivity (Wildman–Crippen MR) is 55.5 cm³/mol. The first-order valence-corrected chi connectivity index (χ1v) is 4.57. The summed E-state index contributed by atoms with van der Waals surface area (Å²) >= 11 is 5.81. The molecule has 0 spiro atoms. The van der Waals surface area contributed by atoms with Gasteiger partial charge >= 0.3 is 0 Å². The summed E-state index contributed by atoms with van der Waals surface area (Å²) in [7, 11) is 0. The molecule has 0 aliphatic carbocycles. The molecule has 74 valence electrons. The molecule has 0 N–H and O–H groups in total. The Hall–Kier alpha value is -1.38. The second-order valence-corrected chi connectivity index (χ2v) is 3.01. The normalized spacial score (nSPS) is 9.29. The van der Waals surface area contributed by atoms with Gasteiger partial charge in [-0.25, -0.2) is 0 Å². The van der Waals surface area contributed by atoms with Gasteiger partial charge in [-0.3, -0.25) is 0 Å². The topological polar surface area (TPSA) is 58.0 Å². The van der Waals surface area contributed by atoms with Crippen LogP contribution >= 0.6 is 11.6 Å². The number of halogens is 1. The third kappa shape index (κ3) is 2.83. The molecular formula is C9H10ClN3O. The summed E-state index contributed by atoms with van der Waals surface area (Å²) in [6.07, 6.45) is 0. The Morgan fingerprint density at radius 3 is 3.00 bits per heavy atom. The van der Waals surface area contributed by atoms with Crippen molar-refractivity contribution in [3.63, 3.8) is 0 Å². The van der Waals surface area contributed by atoms with Crippen molar-refractivity contribution in [1.29, 1.82) is 0 Å². The Bertz CT molecular complexity index is 361. The molecule has 1 rings (SSSR count). The predicted octanol–water partition coefficient (Wildman–Crippen LogP) is 3.55. The maximum absolute atomic E-state index is 8.20. The summed E-state index contributed by atoms with van der Waals surface area (Å²) in [4.78, 5) is 2.69. The van der Waals surface area contributed by atoms with Crippen LogP contribution in [0, 0.1) is 0 Å². The van der Waals surface area contributed by atoms with Gasteiger partial charge in [-0.15, -0.1) is 0 Å². The van der Waals surface area contributed by atoms with Crippen LogP contribution in [0.3, 0.4) is 0 Å². The minimum Gasteiger partial charge on any atom is -0.494 e. The summed E-state index contributed by atoms with van der Waals surface area (Å²) in [5, 5.41) is 4.08. The molecule has 0 fully saturated rings. The number of hydrogen-bond donors (Lipinski definition) is 0. The van der Waals surface area contributed by atoms with E-state index in [1.807, 2.05) is 6.92 Å². The van der Waals surface area contributed by atoms with E-state index in [0.29, 0.717) is 17.4 Å². The van der Waals surface area contributed by atoms with Crippen molar-refractivity contribution in [3.05, 3.63) is 39.2 Å². The van der Waals surface area contributed by atoms with E-state index in [4.69, 9.17) is 21.9 Å². The molecule has 4 nitrogen and oxygen atoms in total. The first-order valence-electron chi connectivity index (χ1n) is 4.20. The molecule has 5 heteroatoms. The quantitative estimate of drug-likeness (QED) is 0.427. The Morgan fingerprint density at radius 2 is 2.36 bits per heavy atom. The molecule has 0 atom stereocenters. The maximum atomic E-state index is 8.20. The van der Waals surface area contributed by atoms with E-state index in [2.05, 4.69) is 10.0 Å². The van der Waals surface area contributed by atoms with E-state index in [1.54, 1.807) is 18.2 Å². The van der Waals surface area contributed by atoms with Crippen molar-refractivity contribution in [3.8, 4) is 5.75 Å². The Kier molecular flexibility index (Phi) is 4.11. The molecule has 0 aliphatic heterocycles. The SMILES string of the molecule is CCOc1ccc(Cl)cc1CN=[N+]=[N-]. The Labute approximate surface area is 87.1 Å². The zero-order chi connectivity index (χ0) is 10.4. The second kappa shape index (κ2) is 5.37. The van der Waals surface area contributed by atoms with Gasteiger partial charge in [0.1, 0.15) is 5.75 Å². The highest BCUT2D eigenvalue weighted by Gasteiger charge is 2.02. The van der Waals surface area contributed by atoms with Gasteiger partial charge in [0.05, 0.1) is 13.2 Å². The standard InChI is InChI=1S/C9H10ClN3O/c1-2-14-9-4-3-8(10)5-7(9)6-12-13-11/h3-5H,2,6H2,1H3. The average molecular weight is 212 g/mol. The number of nitrogens with zero attached hydrogens (tertiary/aromatic N) is 3. The lowest BCUT2D eigenvalue weighted by molar-refractivity contribution is 0.336. The van der Waals surface area contributed by atoms with E-state index < -0.39 is 0 Å². The molecule has 14 heavy (non-hydrogen) atoms. The highest BCUT2D eigenvalue weighted by Crippen LogP contribution is 2.23. The molecule has 0 radical (unpaired) electrons. The Morgan fingerprint density at radius 1 is 1.57 bits per heavy atom. The lowest BCUT2D eigenvalue weighted by Gasteiger charge is -2.08. The van der Waals surface area contributed by atoms with Crippen molar-refractivity contribution >= 4 is 11.6 Å². The van der Waals surface area contributed by atoms with Gasteiger partial charge in [0, 0.05) is 15.5 Å². The zero-order valence-corrected chi connectivity index (χ0v) is 8.53. The van der Waals surface area contributed by atoms with E-state index in [-0.39, 0.29) is 6.54 Å². The number of ether oxygens (including phenoxy) is 1. The number of hydrogen-bond acceptors (Lipinski definition) is 2. The molecule has 0 amide bonds. The van der Waals surface area contributed by atoms with E-state index in [0.717, 1.165) is 5.56 Å². The van der Waals surface area contributed by atoms with E-state index in [9.17, 15) is 0 Å². The molecular weight excluding hydrogens is 202 g/mol. The molecule has 0 bridgehead atoms. The monoisotopic (exact) mass is 211 g/mol. The van der Waals surface area contributed by atoms with Crippen LogP contribution in [0.15, 0.2) is 23.3 Å². The lowest BCUT2D eigenvalue weighted by atomic mass is 10.2. The molecule has 0 heterocycles. The van der Waals surface area contributed by atoms with Gasteiger partial charge in [0.25, 0.3) is 0 Å². The van der Waals surface area contributed by atoms with E-state index in [1.165, 1.54) is 0 Å². The molecule has 0 unspecified atom stereocenters. The third-order valence-electron chi connectivity index (χ3n) is 1.63. The van der Waals surface area contributed by atoms with Crippen molar-refractivity contribution in [1.82, 2.24) is 0 Å². The fraction of sp³-hybridized carbons (Fsp3) is 0.333. The molecule has 1 aromatic carbocycles. The first kappa shape index (κ1) is 10.7. The van der Waals surface area contributed by atoms with Crippen LogP contribution < -0.4 is 4.74 Å². The van der Waals surface area contributed by atoms with Crippen molar-refractivity contribution in [2.75, 3.05) is 6.61 Å². The van der Waals surface area contributed by atoms with E-state index >= 15 is 0 Å². The fourth-order valence-electron chi connectivity index (χ4n) is 1.08. The lowest BCUT2D eigenvalue weighted by Crippen LogP contribution is -1.95. The van der Waals surface area contributed by atoms with Gasteiger partial charge in [0.2, 0.25) is 0 Å². The minimum absolute atomic E-state index is 0.256. The van der Waals surface area contributed by atoms with Crippen LogP contribution in [-0.2, 0) is 6.54 Å². The van der Waals surface area contributed by atoms with Crippen LogP contribution in [0.2, 0.25) is 5.02 Å². The number of benzene rings is 1. The average Bonchev–Trinajstić information content (AvgIpc) is 2.18. The van der Waals surface area contributed by atoms with Gasteiger partial charge in [-0.2, -0.15) is 0 Å². The van der Waals surface area contributed by atoms with Crippen LogP contribution in [-0.4, -0.2) is 6.61 Å². The summed E-state index contributed by atoms with van der Waals surface area (Å²) in [6.45, 7) is 2.73. The number of rotatable bonds is 4. The fourth-order valence-corrected chi connectivity index (χ4v) is 1.27.